The average Bonchev–Trinajstić information content (AvgIpc) is 2.07. The van der Waals surface area contributed by atoms with E-state index in [1.807, 2.05) is 12.1 Å². The molecular weight excluding hydrogens is 197 g/mol. The zero-order valence-corrected chi connectivity index (χ0v) is 9.07. The third-order valence-electron chi connectivity index (χ3n) is 1.60. The van der Waals surface area contributed by atoms with Gasteiger partial charge in [0.25, 0.3) is 0 Å². The molecule has 1 amide bonds. The highest BCUT2D eigenvalue weighted by atomic mass is 31.0. The van der Waals surface area contributed by atoms with Gasteiger partial charge in [-0.3, -0.25) is 9.59 Å². The van der Waals surface area contributed by atoms with Gasteiger partial charge in [0.15, 0.2) is 0 Å². The van der Waals surface area contributed by atoms with Crippen molar-refractivity contribution < 1.29 is 9.59 Å². The van der Waals surface area contributed by atoms with Crippen molar-refractivity contribution in [2.75, 3.05) is 5.32 Å². The average molecular weight is 209 g/mol. The molecule has 3 nitrogen and oxygen atoms in total. The van der Waals surface area contributed by atoms with E-state index < -0.39 is 0 Å². The Morgan fingerprint density at radius 2 is 1.86 bits per heavy atom. The normalized spacial score (nSPS) is 9.57. The SMILES string of the molecule is CC(=O)CC(=O)Nc1ccc(P)cc1. The molecule has 0 aliphatic heterocycles. The number of anilines is 1. The molecule has 1 N–H and O–H groups in total. The minimum atomic E-state index is -0.269. The van der Waals surface area contributed by atoms with Crippen LogP contribution in [0.3, 0.4) is 0 Å². The first-order valence-electron chi connectivity index (χ1n) is 4.23. The summed E-state index contributed by atoms with van der Waals surface area (Å²) >= 11 is 0. The summed E-state index contributed by atoms with van der Waals surface area (Å²) in [5, 5.41) is 3.68. The second kappa shape index (κ2) is 4.87. The fourth-order valence-electron chi connectivity index (χ4n) is 0.998. The molecule has 0 radical (unpaired) electrons. The number of amides is 1. The second-order valence-electron chi connectivity index (χ2n) is 3.05. The van der Waals surface area contributed by atoms with Gasteiger partial charge < -0.3 is 5.32 Å². The Kier molecular flexibility index (Phi) is 3.78. The third-order valence-corrected chi connectivity index (χ3v) is 1.99. The first kappa shape index (κ1) is 10.9. The molecule has 0 bridgehead atoms. The second-order valence-corrected chi connectivity index (χ2v) is 3.72. The molecular formula is C10H12NO2P. The predicted molar refractivity (Wildman–Crippen MR) is 59.7 cm³/mol. The van der Waals surface area contributed by atoms with Gasteiger partial charge in [-0.15, -0.1) is 9.24 Å². The van der Waals surface area contributed by atoms with Crippen molar-refractivity contribution in [2.45, 2.75) is 13.3 Å². The van der Waals surface area contributed by atoms with Crippen LogP contribution < -0.4 is 10.6 Å². The Balaban J connectivity index is 2.56. The van der Waals surface area contributed by atoms with Gasteiger partial charge in [0.1, 0.15) is 5.78 Å². The molecule has 0 fully saturated rings. The zero-order valence-electron chi connectivity index (χ0n) is 7.91. The Labute approximate surface area is 85.1 Å². The predicted octanol–water partition coefficient (Wildman–Crippen LogP) is 1.10. The fourth-order valence-corrected chi connectivity index (χ4v) is 1.19. The van der Waals surface area contributed by atoms with Gasteiger partial charge in [-0.1, -0.05) is 12.1 Å². The molecule has 0 aliphatic rings. The van der Waals surface area contributed by atoms with E-state index in [0.29, 0.717) is 5.69 Å². The summed E-state index contributed by atoms with van der Waals surface area (Å²) < 4.78 is 0. The molecule has 1 unspecified atom stereocenters. The molecule has 74 valence electrons. The molecule has 0 spiro atoms. The summed E-state index contributed by atoms with van der Waals surface area (Å²) in [4.78, 5) is 21.8. The maximum Gasteiger partial charge on any atom is 0.231 e. The summed E-state index contributed by atoms with van der Waals surface area (Å²) in [7, 11) is 2.56. The van der Waals surface area contributed by atoms with Crippen LogP contribution in [0.1, 0.15) is 13.3 Å². The highest BCUT2D eigenvalue weighted by Gasteiger charge is 2.04. The van der Waals surface area contributed by atoms with Crippen LogP contribution in [0.5, 0.6) is 0 Å². The first-order chi connectivity index (χ1) is 6.58. The molecule has 0 saturated carbocycles. The van der Waals surface area contributed by atoms with Crippen molar-refractivity contribution in [3.05, 3.63) is 24.3 Å². The maximum absolute atomic E-state index is 11.2. The summed E-state index contributed by atoms with van der Waals surface area (Å²) in [5.41, 5.74) is 0.711. The van der Waals surface area contributed by atoms with Crippen LogP contribution in [0, 0.1) is 0 Å². The number of hydrogen-bond donors (Lipinski definition) is 1. The van der Waals surface area contributed by atoms with Gasteiger partial charge in [0.05, 0.1) is 6.42 Å². The van der Waals surface area contributed by atoms with E-state index in [0.717, 1.165) is 5.30 Å². The van der Waals surface area contributed by atoms with Crippen LogP contribution in [0.15, 0.2) is 24.3 Å². The Morgan fingerprint density at radius 1 is 1.29 bits per heavy atom. The monoisotopic (exact) mass is 209 g/mol. The first-order valence-corrected chi connectivity index (χ1v) is 4.80. The topological polar surface area (TPSA) is 46.2 Å². The van der Waals surface area contributed by atoms with E-state index in [1.165, 1.54) is 6.92 Å². The summed E-state index contributed by atoms with van der Waals surface area (Å²) in [5.74, 6) is -0.404. The van der Waals surface area contributed by atoms with Crippen LogP contribution in [0.4, 0.5) is 5.69 Å². The van der Waals surface area contributed by atoms with Crippen LogP contribution in [0.25, 0.3) is 0 Å². The lowest BCUT2D eigenvalue weighted by atomic mass is 10.2. The number of hydrogen-bond acceptors (Lipinski definition) is 2. The number of carbonyl (C=O) groups excluding carboxylic acids is 2. The Morgan fingerprint density at radius 3 is 2.36 bits per heavy atom. The van der Waals surface area contributed by atoms with Crippen molar-refractivity contribution in [1.29, 1.82) is 0 Å². The molecule has 0 aromatic heterocycles. The van der Waals surface area contributed by atoms with Gasteiger partial charge in [-0.25, -0.2) is 0 Å². The van der Waals surface area contributed by atoms with E-state index in [1.54, 1.807) is 12.1 Å². The van der Waals surface area contributed by atoms with Crippen molar-refractivity contribution in [3.63, 3.8) is 0 Å². The van der Waals surface area contributed by atoms with Gasteiger partial charge >= 0.3 is 0 Å². The summed E-state index contributed by atoms with van der Waals surface area (Å²) in [6.45, 7) is 1.39. The zero-order chi connectivity index (χ0) is 10.6. The number of ketones is 1. The molecule has 0 heterocycles. The fraction of sp³-hybridized carbons (Fsp3) is 0.200. The lowest BCUT2D eigenvalue weighted by Crippen LogP contribution is -2.14. The van der Waals surface area contributed by atoms with Crippen LogP contribution in [-0.2, 0) is 9.59 Å². The lowest BCUT2D eigenvalue weighted by Gasteiger charge is -2.03. The van der Waals surface area contributed by atoms with E-state index in [9.17, 15) is 9.59 Å². The van der Waals surface area contributed by atoms with E-state index in [-0.39, 0.29) is 18.1 Å². The molecule has 1 rings (SSSR count). The molecule has 1 aromatic rings. The smallest absolute Gasteiger partial charge is 0.231 e. The molecule has 14 heavy (non-hydrogen) atoms. The third kappa shape index (κ3) is 3.67. The molecule has 1 atom stereocenters. The van der Waals surface area contributed by atoms with Crippen molar-refractivity contribution in [1.82, 2.24) is 0 Å². The van der Waals surface area contributed by atoms with Crippen LogP contribution in [0.2, 0.25) is 0 Å². The van der Waals surface area contributed by atoms with E-state index in [2.05, 4.69) is 14.6 Å². The number of carbonyl (C=O) groups is 2. The molecule has 0 saturated heterocycles. The van der Waals surface area contributed by atoms with E-state index in [4.69, 9.17) is 0 Å². The quantitative estimate of drug-likeness (QED) is 0.598. The van der Waals surface area contributed by atoms with Crippen molar-refractivity contribution in [2.24, 2.45) is 0 Å². The largest absolute Gasteiger partial charge is 0.326 e. The highest BCUT2D eigenvalue weighted by molar-refractivity contribution is 7.27. The van der Waals surface area contributed by atoms with Crippen LogP contribution >= 0.6 is 9.24 Å². The minimum Gasteiger partial charge on any atom is -0.326 e. The van der Waals surface area contributed by atoms with Crippen molar-refractivity contribution in [3.8, 4) is 0 Å². The summed E-state index contributed by atoms with van der Waals surface area (Å²) in [6, 6.07) is 7.32. The maximum atomic E-state index is 11.2. The van der Waals surface area contributed by atoms with E-state index >= 15 is 0 Å². The number of nitrogens with one attached hydrogen (secondary N) is 1. The highest BCUT2D eigenvalue weighted by Crippen LogP contribution is 2.05. The molecule has 0 aliphatic carbocycles. The van der Waals surface area contributed by atoms with Gasteiger partial charge in [0.2, 0.25) is 5.91 Å². The Bertz CT molecular complexity index is 346. The number of Topliss-reactive ketones (excluding diaryl/α,β-unsaturated/α-hetero) is 1. The number of benzene rings is 1. The minimum absolute atomic E-state index is 0.0668. The van der Waals surface area contributed by atoms with Gasteiger partial charge in [-0.05, 0) is 24.4 Å². The van der Waals surface area contributed by atoms with Gasteiger partial charge in [0, 0.05) is 5.69 Å². The number of rotatable bonds is 3. The van der Waals surface area contributed by atoms with Crippen molar-refractivity contribution >= 4 is 31.9 Å². The van der Waals surface area contributed by atoms with Gasteiger partial charge in [-0.2, -0.15) is 0 Å². The molecule has 4 heteroatoms. The summed E-state index contributed by atoms with van der Waals surface area (Å²) in [6.07, 6.45) is -0.0668. The van der Waals surface area contributed by atoms with Crippen LogP contribution in [-0.4, -0.2) is 11.7 Å². The standard InChI is InChI=1S/C10H12NO2P/c1-7(12)6-10(13)11-8-2-4-9(14)5-3-8/h2-5H,6,14H2,1H3,(H,11,13). The Hall–Kier alpha value is -1.21. The molecule has 1 aromatic carbocycles. The lowest BCUT2D eigenvalue weighted by molar-refractivity contribution is -0.124.